The van der Waals surface area contributed by atoms with Crippen LogP contribution in [0.15, 0.2) is 30.3 Å². The van der Waals surface area contributed by atoms with E-state index in [4.69, 9.17) is 9.47 Å². The molecule has 0 amide bonds. The van der Waals surface area contributed by atoms with Crippen molar-refractivity contribution in [3.05, 3.63) is 35.9 Å². The second-order valence-corrected chi connectivity index (χ2v) is 4.53. The van der Waals surface area contributed by atoms with Crippen LogP contribution < -0.4 is 0 Å². The number of hydrogen-bond acceptors (Lipinski definition) is 3. The molecule has 1 fully saturated rings. The Labute approximate surface area is 95.4 Å². The summed E-state index contributed by atoms with van der Waals surface area (Å²) in [7, 11) is 0. The first-order valence-corrected chi connectivity index (χ1v) is 5.37. The van der Waals surface area contributed by atoms with Gasteiger partial charge in [-0.25, -0.2) is 0 Å². The molecule has 0 spiro atoms. The smallest absolute Gasteiger partial charge is 0.305 e. The molecule has 3 nitrogen and oxygen atoms in total. The molecule has 0 bridgehead atoms. The number of esters is 1. The van der Waals surface area contributed by atoms with E-state index >= 15 is 0 Å². The van der Waals surface area contributed by atoms with Gasteiger partial charge in [0.15, 0.2) is 0 Å². The lowest BCUT2D eigenvalue weighted by Crippen LogP contribution is -2.64. The fourth-order valence-corrected chi connectivity index (χ4v) is 2.06. The van der Waals surface area contributed by atoms with Crippen molar-refractivity contribution < 1.29 is 14.3 Å². The number of carbonyl (C=O) groups excluding carboxylic acids is 1. The molecule has 0 saturated carbocycles. The first-order chi connectivity index (χ1) is 7.48. The summed E-state index contributed by atoms with van der Waals surface area (Å²) in [6, 6.07) is 9.99. The number of ether oxygens (including phenoxy) is 2. The van der Waals surface area contributed by atoms with Crippen molar-refractivity contribution in [1.82, 2.24) is 0 Å². The van der Waals surface area contributed by atoms with Crippen LogP contribution in [0.1, 0.15) is 26.3 Å². The van der Waals surface area contributed by atoms with Gasteiger partial charge < -0.3 is 9.47 Å². The topological polar surface area (TPSA) is 35.5 Å². The van der Waals surface area contributed by atoms with Crippen molar-refractivity contribution in [3.63, 3.8) is 0 Å². The minimum absolute atomic E-state index is 0.264. The van der Waals surface area contributed by atoms with Gasteiger partial charge in [0.1, 0.15) is 0 Å². The summed E-state index contributed by atoms with van der Waals surface area (Å²) in [6.07, 6.45) is 0. The van der Waals surface area contributed by atoms with E-state index in [1.54, 1.807) is 0 Å². The van der Waals surface area contributed by atoms with Crippen LogP contribution in [0.25, 0.3) is 0 Å². The Bertz CT molecular complexity index is 401. The molecule has 1 aliphatic rings. The molecule has 2 unspecified atom stereocenters. The molecule has 2 rings (SSSR count). The van der Waals surface area contributed by atoms with Crippen LogP contribution in [0, 0.1) is 0 Å². The van der Waals surface area contributed by atoms with Gasteiger partial charge in [-0.1, -0.05) is 30.3 Å². The monoisotopic (exact) mass is 220 g/mol. The van der Waals surface area contributed by atoms with Gasteiger partial charge in [0, 0.05) is 13.8 Å². The Kier molecular flexibility index (Phi) is 2.50. The van der Waals surface area contributed by atoms with Crippen molar-refractivity contribution >= 4 is 5.97 Å². The Hall–Kier alpha value is -1.35. The molecule has 86 valence electrons. The molecule has 1 aliphatic heterocycles. The number of rotatable bonds is 2. The SMILES string of the molecule is CC(=O)OC1(C)OCC1(C)c1ccccc1. The fourth-order valence-electron chi connectivity index (χ4n) is 2.06. The summed E-state index contributed by atoms with van der Waals surface area (Å²) < 4.78 is 10.7. The summed E-state index contributed by atoms with van der Waals surface area (Å²) >= 11 is 0. The van der Waals surface area contributed by atoms with E-state index in [0.717, 1.165) is 5.56 Å². The highest BCUT2D eigenvalue weighted by Gasteiger charge is 2.58. The van der Waals surface area contributed by atoms with Crippen molar-refractivity contribution in [2.24, 2.45) is 0 Å². The van der Waals surface area contributed by atoms with Gasteiger partial charge >= 0.3 is 5.97 Å². The van der Waals surface area contributed by atoms with E-state index < -0.39 is 5.79 Å². The third-order valence-corrected chi connectivity index (χ3v) is 3.39. The number of hydrogen-bond donors (Lipinski definition) is 0. The summed E-state index contributed by atoms with van der Waals surface area (Å²) in [5.41, 5.74) is 0.866. The van der Waals surface area contributed by atoms with Gasteiger partial charge in [0.2, 0.25) is 5.79 Å². The molecule has 1 heterocycles. The summed E-state index contributed by atoms with van der Waals surface area (Å²) in [5, 5.41) is 0. The molecule has 2 atom stereocenters. The molecular formula is C13H16O3. The maximum Gasteiger partial charge on any atom is 0.305 e. The Morgan fingerprint density at radius 3 is 2.38 bits per heavy atom. The highest BCUT2D eigenvalue weighted by molar-refractivity contribution is 5.66. The average molecular weight is 220 g/mol. The van der Waals surface area contributed by atoms with Crippen molar-refractivity contribution in [2.45, 2.75) is 32.0 Å². The average Bonchev–Trinajstić information content (AvgIpc) is 2.27. The van der Waals surface area contributed by atoms with E-state index in [9.17, 15) is 4.79 Å². The summed E-state index contributed by atoms with van der Waals surface area (Å²) in [5.74, 6) is -1.16. The summed E-state index contributed by atoms with van der Waals surface area (Å²) in [4.78, 5) is 11.1. The zero-order valence-corrected chi connectivity index (χ0v) is 9.82. The van der Waals surface area contributed by atoms with Gasteiger partial charge in [-0.2, -0.15) is 0 Å². The molecule has 1 saturated heterocycles. The summed E-state index contributed by atoms with van der Waals surface area (Å²) in [6.45, 7) is 5.83. The Morgan fingerprint density at radius 2 is 1.94 bits per heavy atom. The molecule has 1 aromatic carbocycles. The molecular weight excluding hydrogens is 204 g/mol. The molecule has 0 radical (unpaired) electrons. The van der Waals surface area contributed by atoms with Crippen LogP contribution in [-0.4, -0.2) is 18.4 Å². The largest absolute Gasteiger partial charge is 0.432 e. The third kappa shape index (κ3) is 1.52. The fraction of sp³-hybridized carbons (Fsp3) is 0.462. The van der Waals surface area contributed by atoms with Gasteiger partial charge in [0.25, 0.3) is 0 Å². The van der Waals surface area contributed by atoms with Gasteiger partial charge in [-0.3, -0.25) is 4.79 Å². The first kappa shape index (κ1) is 11.1. The molecule has 0 N–H and O–H groups in total. The van der Waals surface area contributed by atoms with Gasteiger partial charge in [0.05, 0.1) is 12.0 Å². The van der Waals surface area contributed by atoms with Crippen LogP contribution in [0.2, 0.25) is 0 Å². The van der Waals surface area contributed by atoms with Gasteiger partial charge in [-0.05, 0) is 12.5 Å². The maximum atomic E-state index is 11.1. The van der Waals surface area contributed by atoms with Crippen LogP contribution in [0.3, 0.4) is 0 Å². The molecule has 3 heteroatoms. The highest BCUT2D eigenvalue weighted by atomic mass is 16.7. The van der Waals surface area contributed by atoms with Gasteiger partial charge in [-0.15, -0.1) is 0 Å². The Morgan fingerprint density at radius 1 is 1.31 bits per heavy atom. The number of benzene rings is 1. The molecule has 1 aromatic rings. The zero-order valence-electron chi connectivity index (χ0n) is 9.82. The first-order valence-electron chi connectivity index (χ1n) is 5.37. The second kappa shape index (κ2) is 3.59. The normalized spacial score (nSPS) is 32.9. The predicted octanol–water partition coefficient (Wildman–Crippen LogP) is 2.25. The minimum Gasteiger partial charge on any atom is -0.432 e. The number of carbonyl (C=O) groups is 1. The van der Waals surface area contributed by atoms with Crippen molar-refractivity contribution in [3.8, 4) is 0 Å². The zero-order chi connectivity index (χ0) is 11.8. The van der Waals surface area contributed by atoms with Crippen molar-refractivity contribution in [1.29, 1.82) is 0 Å². The lowest BCUT2D eigenvalue weighted by Gasteiger charge is -2.53. The maximum absolute atomic E-state index is 11.1. The minimum atomic E-state index is -0.847. The van der Waals surface area contributed by atoms with Crippen LogP contribution >= 0.6 is 0 Å². The van der Waals surface area contributed by atoms with Crippen molar-refractivity contribution in [2.75, 3.05) is 6.61 Å². The Balaban J connectivity index is 2.30. The molecule has 0 aromatic heterocycles. The predicted molar refractivity (Wildman–Crippen MR) is 59.9 cm³/mol. The van der Waals surface area contributed by atoms with E-state index in [-0.39, 0.29) is 11.4 Å². The van der Waals surface area contributed by atoms with Crippen LogP contribution in [0.4, 0.5) is 0 Å². The quantitative estimate of drug-likeness (QED) is 0.717. The third-order valence-electron chi connectivity index (χ3n) is 3.39. The van der Waals surface area contributed by atoms with E-state index in [1.807, 2.05) is 37.3 Å². The van der Waals surface area contributed by atoms with Crippen LogP contribution in [-0.2, 0) is 19.7 Å². The highest BCUT2D eigenvalue weighted by Crippen LogP contribution is 2.47. The van der Waals surface area contributed by atoms with E-state index in [0.29, 0.717) is 6.61 Å². The molecule has 0 aliphatic carbocycles. The van der Waals surface area contributed by atoms with E-state index in [2.05, 4.69) is 6.92 Å². The molecule has 16 heavy (non-hydrogen) atoms. The van der Waals surface area contributed by atoms with Crippen LogP contribution in [0.5, 0.6) is 0 Å². The standard InChI is InChI=1S/C13H16O3/c1-10(14)16-13(3)12(2,9-15-13)11-7-5-4-6-8-11/h4-8H,9H2,1-3H3. The second-order valence-electron chi connectivity index (χ2n) is 4.53. The lowest BCUT2D eigenvalue weighted by molar-refractivity contribution is -0.331. The van der Waals surface area contributed by atoms with E-state index in [1.165, 1.54) is 6.92 Å². The lowest BCUT2D eigenvalue weighted by atomic mass is 9.72.